The zero-order chi connectivity index (χ0) is 17.9. The van der Waals surface area contributed by atoms with E-state index in [0.29, 0.717) is 11.8 Å². The van der Waals surface area contributed by atoms with Crippen molar-refractivity contribution in [3.63, 3.8) is 0 Å². The van der Waals surface area contributed by atoms with Crippen LogP contribution in [-0.4, -0.2) is 45.9 Å². The Bertz CT molecular complexity index is 511. The highest BCUT2D eigenvalue weighted by molar-refractivity contribution is 14.0. The lowest BCUT2D eigenvalue weighted by atomic mass is 9.95. The number of halogens is 1. The molecule has 0 aromatic heterocycles. The first-order valence-corrected chi connectivity index (χ1v) is 9.39. The molecular formula is C20H34IN3O2. The van der Waals surface area contributed by atoms with Crippen molar-refractivity contribution in [2.75, 3.05) is 40.0 Å². The molecule has 2 unspecified atom stereocenters. The van der Waals surface area contributed by atoms with Crippen molar-refractivity contribution in [2.24, 2.45) is 16.8 Å². The summed E-state index contributed by atoms with van der Waals surface area (Å²) in [7, 11) is 1.81. The number of nitrogens with zero attached hydrogens (tertiary/aromatic N) is 1. The molecule has 1 saturated heterocycles. The van der Waals surface area contributed by atoms with Crippen LogP contribution < -0.4 is 10.6 Å². The Labute approximate surface area is 175 Å². The van der Waals surface area contributed by atoms with Crippen molar-refractivity contribution in [1.82, 2.24) is 10.6 Å². The van der Waals surface area contributed by atoms with Gasteiger partial charge in [0, 0.05) is 45.9 Å². The first kappa shape index (κ1) is 23.2. The monoisotopic (exact) mass is 475 g/mol. The maximum absolute atomic E-state index is 5.95. The third-order valence-electron chi connectivity index (χ3n) is 4.31. The van der Waals surface area contributed by atoms with Crippen molar-refractivity contribution < 1.29 is 9.47 Å². The van der Waals surface area contributed by atoms with Gasteiger partial charge in [-0.15, -0.1) is 24.0 Å². The van der Waals surface area contributed by atoms with E-state index in [2.05, 4.69) is 53.7 Å². The van der Waals surface area contributed by atoms with Gasteiger partial charge in [0.15, 0.2) is 5.96 Å². The predicted molar refractivity (Wildman–Crippen MR) is 118 cm³/mol. The van der Waals surface area contributed by atoms with E-state index < -0.39 is 0 Å². The van der Waals surface area contributed by atoms with Gasteiger partial charge in [-0.2, -0.15) is 0 Å². The number of hydrogen-bond acceptors (Lipinski definition) is 3. The molecule has 5 nitrogen and oxygen atoms in total. The lowest BCUT2D eigenvalue weighted by Gasteiger charge is -2.21. The molecule has 1 fully saturated rings. The fourth-order valence-corrected chi connectivity index (χ4v) is 3.00. The van der Waals surface area contributed by atoms with Crippen LogP contribution in [0.1, 0.15) is 38.4 Å². The molecule has 1 aliphatic rings. The number of ether oxygens (including phenoxy) is 2. The van der Waals surface area contributed by atoms with Gasteiger partial charge in [0.25, 0.3) is 0 Å². The Balaban J connectivity index is 0.00000338. The summed E-state index contributed by atoms with van der Waals surface area (Å²) in [5, 5.41) is 6.79. The smallest absolute Gasteiger partial charge is 0.190 e. The molecule has 0 spiro atoms. The summed E-state index contributed by atoms with van der Waals surface area (Å²) in [5.41, 5.74) is 1.26. The van der Waals surface area contributed by atoms with Gasteiger partial charge < -0.3 is 20.1 Å². The highest BCUT2D eigenvalue weighted by Crippen LogP contribution is 2.33. The summed E-state index contributed by atoms with van der Waals surface area (Å²) in [6.07, 6.45) is 2.23. The lowest BCUT2D eigenvalue weighted by Crippen LogP contribution is -2.40. The van der Waals surface area contributed by atoms with Crippen LogP contribution in [0.3, 0.4) is 0 Å². The molecule has 0 amide bonds. The second-order valence-corrected chi connectivity index (χ2v) is 6.95. The Morgan fingerprint density at radius 3 is 2.73 bits per heavy atom. The molecule has 1 aromatic rings. The van der Waals surface area contributed by atoms with Crippen molar-refractivity contribution in [1.29, 1.82) is 0 Å². The molecule has 148 valence electrons. The summed E-state index contributed by atoms with van der Waals surface area (Å²) in [6.45, 7) is 8.50. The fourth-order valence-electron chi connectivity index (χ4n) is 3.00. The minimum absolute atomic E-state index is 0. The summed E-state index contributed by atoms with van der Waals surface area (Å²) in [6, 6.07) is 10.5. The Kier molecular flexibility index (Phi) is 11.9. The summed E-state index contributed by atoms with van der Waals surface area (Å²) in [5.74, 6) is 1.91. The van der Waals surface area contributed by atoms with Gasteiger partial charge in [-0.25, -0.2) is 0 Å². The van der Waals surface area contributed by atoms with Gasteiger partial charge in [-0.1, -0.05) is 44.2 Å². The van der Waals surface area contributed by atoms with E-state index in [1.165, 1.54) is 5.56 Å². The molecule has 0 saturated carbocycles. The van der Waals surface area contributed by atoms with E-state index in [9.17, 15) is 0 Å². The van der Waals surface area contributed by atoms with Gasteiger partial charge >= 0.3 is 0 Å². The van der Waals surface area contributed by atoms with Crippen LogP contribution in [0, 0.1) is 11.8 Å². The second kappa shape index (κ2) is 13.3. The molecule has 0 bridgehead atoms. The fraction of sp³-hybridized carbons (Fsp3) is 0.650. The maximum Gasteiger partial charge on any atom is 0.190 e. The van der Waals surface area contributed by atoms with Crippen LogP contribution in [0.25, 0.3) is 0 Å². The van der Waals surface area contributed by atoms with Crippen molar-refractivity contribution in [3.05, 3.63) is 35.9 Å². The highest BCUT2D eigenvalue weighted by atomic mass is 127. The van der Waals surface area contributed by atoms with Crippen molar-refractivity contribution in [2.45, 2.75) is 32.8 Å². The maximum atomic E-state index is 5.95. The van der Waals surface area contributed by atoms with Crippen LogP contribution >= 0.6 is 24.0 Å². The number of guanidine groups is 1. The molecule has 2 rings (SSSR count). The minimum atomic E-state index is 0. The van der Waals surface area contributed by atoms with Crippen LogP contribution in [0.2, 0.25) is 0 Å². The predicted octanol–water partition coefficient (Wildman–Crippen LogP) is 3.61. The summed E-state index contributed by atoms with van der Waals surface area (Å²) < 4.78 is 11.5. The van der Waals surface area contributed by atoms with Gasteiger partial charge in [-0.3, -0.25) is 4.99 Å². The molecule has 2 atom stereocenters. The molecule has 0 radical (unpaired) electrons. The second-order valence-electron chi connectivity index (χ2n) is 6.95. The average Bonchev–Trinajstić information content (AvgIpc) is 3.09. The van der Waals surface area contributed by atoms with Crippen LogP contribution in [-0.2, 0) is 9.47 Å². The zero-order valence-corrected chi connectivity index (χ0v) is 18.6. The van der Waals surface area contributed by atoms with Crippen LogP contribution in [0.4, 0.5) is 0 Å². The van der Waals surface area contributed by atoms with E-state index in [4.69, 9.17) is 9.47 Å². The molecule has 2 N–H and O–H groups in total. The number of benzene rings is 1. The van der Waals surface area contributed by atoms with Crippen LogP contribution in [0.5, 0.6) is 0 Å². The first-order chi connectivity index (χ1) is 12.2. The minimum Gasteiger partial charge on any atom is -0.381 e. The van der Waals surface area contributed by atoms with Gasteiger partial charge in [0.2, 0.25) is 0 Å². The zero-order valence-electron chi connectivity index (χ0n) is 16.2. The molecule has 1 aliphatic heterocycles. The average molecular weight is 475 g/mol. The molecule has 1 aromatic carbocycles. The lowest BCUT2D eigenvalue weighted by molar-refractivity contribution is 0.0915. The number of aliphatic imine (C=N–C) groups is 1. The normalized spacial score (nSPS) is 20.1. The van der Waals surface area contributed by atoms with Crippen molar-refractivity contribution in [3.8, 4) is 0 Å². The van der Waals surface area contributed by atoms with E-state index in [1.807, 2.05) is 13.1 Å². The van der Waals surface area contributed by atoms with E-state index in [1.54, 1.807) is 0 Å². The van der Waals surface area contributed by atoms with Crippen molar-refractivity contribution >= 4 is 29.9 Å². The quantitative estimate of drug-likeness (QED) is 0.248. The Morgan fingerprint density at radius 1 is 1.27 bits per heavy atom. The molecule has 1 heterocycles. The number of nitrogens with one attached hydrogen (secondary N) is 2. The van der Waals surface area contributed by atoms with Gasteiger partial charge in [0.1, 0.15) is 0 Å². The summed E-state index contributed by atoms with van der Waals surface area (Å²) >= 11 is 0. The highest BCUT2D eigenvalue weighted by Gasteiger charge is 2.29. The Morgan fingerprint density at radius 2 is 2.04 bits per heavy atom. The third kappa shape index (κ3) is 8.22. The topological polar surface area (TPSA) is 54.9 Å². The Hall–Kier alpha value is -0.860. The van der Waals surface area contributed by atoms with Gasteiger partial charge in [-0.05, 0) is 24.3 Å². The third-order valence-corrected chi connectivity index (χ3v) is 4.31. The van der Waals surface area contributed by atoms with E-state index in [-0.39, 0.29) is 30.1 Å². The molecular weight excluding hydrogens is 441 g/mol. The summed E-state index contributed by atoms with van der Waals surface area (Å²) in [4.78, 5) is 4.31. The van der Waals surface area contributed by atoms with E-state index >= 15 is 0 Å². The molecule has 0 aliphatic carbocycles. The standard InChI is InChI=1S/C20H33N3O2.HI/c1-16(2)15-24-12-7-11-22-20(21-3)23-14-18-10-13-25-19(18)17-8-5-4-6-9-17;/h4-6,8-9,16,18-19H,7,10-15H2,1-3H3,(H2,21,22,23);1H. The number of hydrogen-bond donors (Lipinski definition) is 2. The van der Waals surface area contributed by atoms with Gasteiger partial charge in [0.05, 0.1) is 6.10 Å². The molecule has 6 heteroatoms. The first-order valence-electron chi connectivity index (χ1n) is 9.39. The SMILES string of the molecule is CN=C(NCCCOCC(C)C)NCC1CCOC1c1ccccc1.I. The molecule has 26 heavy (non-hydrogen) atoms. The number of rotatable bonds is 9. The largest absolute Gasteiger partial charge is 0.381 e. The van der Waals surface area contributed by atoms with E-state index in [0.717, 1.165) is 51.7 Å². The van der Waals surface area contributed by atoms with Crippen LogP contribution in [0.15, 0.2) is 35.3 Å².